The molecule has 0 spiro atoms. The molecule has 3 nitrogen and oxygen atoms in total. The molecule has 0 aromatic rings. The third kappa shape index (κ3) is 5.51. The zero-order valence-corrected chi connectivity index (χ0v) is 11.3. The molecule has 0 bridgehead atoms. The summed E-state index contributed by atoms with van der Waals surface area (Å²) < 4.78 is 0. The zero-order valence-electron chi connectivity index (χ0n) is 11.3. The molecule has 0 aromatic heterocycles. The van der Waals surface area contributed by atoms with Crippen molar-refractivity contribution in [2.45, 2.75) is 39.0 Å². The first-order valence-electron chi connectivity index (χ1n) is 6.67. The fourth-order valence-electron chi connectivity index (χ4n) is 1.85. The van der Waals surface area contributed by atoms with E-state index in [1.807, 2.05) is 12.2 Å². The summed E-state index contributed by atoms with van der Waals surface area (Å²) in [6.45, 7) is 2.11. The van der Waals surface area contributed by atoms with Crippen LogP contribution in [0.1, 0.15) is 39.0 Å². The van der Waals surface area contributed by atoms with Gasteiger partial charge in [0.25, 0.3) is 0 Å². The normalized spacial score (nSPS) is 19.1. The summed E-state index contributed by atoms with van der Waals surface area (Å²) in [5.74, 6) is -0.846. The van der Waals surface area contributed by atoms with Gasteiger partial charge in [-0.1, -0.05) is 37.6 Å². The molecule has 1 N–H and O–H groups in total. The highest BCUT2D eigenvalue weighted by molar-refractivity contribution is 6.11. The summed E-state index contributed by atoms with van der Waals surface area (Å²) in [6.07, 6.45) is 14.7. The largest absolute Gasteiger partial charge is 0.478 e. The van der Waals surface area contributed by atoms with Gasteiger partial charge < -0.3 is 5.11 Å². The van der Waals surface area contributed by atoms with Crippen molar-refractivity contribution < 1.29 is 14.7 Å². The Labute approximate surface area is 114 Å². The highest BCUT2D eigenvalue weighted by atomic mass is 16.4. The quantitative estimate of drug-likeness (QED) is 0.562. The molecule has 0 fully saturated rings. The minimum atomic E-state index is -0.918. The lowest BCUT2D eigenvalue weighted by Gasteiger charge is -2.00. The van der Waals surface area contributed by atoms with E-state index in [9.17, 15) is 9.59 Å². The standard InChI is InChI=1S/C16H20O3/c1-2-3-8-13-11-12-15(17)14(13)9-6-4-5-7-10-16(18)19/h7-12H,2-6H2,1H3,(H,18,19). The Kier molecular flexibility index (Phi) is 6.58. The van der Waals surface area contributed by atoms with Crippen LogP contribution in [0.25, 0.3) is 0 Å². The molecule has 0 atom stereocenters. The van der Waals surface area contributed by atoms with Crippen molar-refractivity contribution in [2.24, 2.45) is 0 Å². The number of carbonyl (C=O) groups is 2. The fraction of sp³-hybridized carbons (Fsp3) is 0.375. The maximum atomic E-state index is 11.7. The number of carboxylic acids is 1. The second-order valence-electron chi connectivity index (χ2n) is 4.44. The summed E-state index contributed by atoms with van der Waals surface area (Å²) in [7, 11) is 0. The van der Waals surface area contributed by atoms with Gasteiger partial charge in [0, 0.05) is 11.6 Å². The molecule has 102 valence electrons. The molecule has 19 heavy (non-hydrogen) atoms. The second-order valence-corrected chi connectivity index (χ2v) is 4.44. The van der Waals surface area contributed by atoms with Crippen molar-refractivity contribution in [3.8, 4) is 0 Å². The van der Waals surface area contributed by atoms with Crippen molar-refractivity contribution in [3.05, 3.63) is 47.6 Å². The third-order valence-electron chi connectivity index (χ3n) is 2.83. The Morgan fingerprint density at radius 1 is 1.21 bits per heavy atom. The molecule has 0 radical (unpaired) electrons. The molecule has 0 unspecified atom stereocenters. The van der Waals surface area contributed by atoms with Crippen LogP contribution >= 0.6 is 0 Å². The predicted molar refractivity (Wildman–Crippen MR) is 75.8 cm³/mol. The van der Waals surface area contributed by atoms with Crippen LogP contribution in [0, 0.1) is 0 Å². The zero-order chi connectivity index (χ0) is 14.1. The molecular formula is C16H20O3. The second kappa shape index (κ2) is 8.25. The van der Waals surface area contributed by atoms with Gasteiger partial charge in [-0.25, -0.2) is 4.79 Å². The van der Waals surface area contributed by atoms with Crippen molar-refractivity contribution in [2.75, 3.05) is 0 Å². The van der Waals surface area contributed by atoms with E-state index in [0.29, 0.717) is 6.42 Å². The third-order valence-corrected chi connectivity index (χ3v) is 2.83. The lowest BCUT2D eigenvalue weighted by Crippen LogP contribution is -1.94. The molecule has 0 amide bonds. The van der Waals surface area contributed by atoms with Gasteiger partial charge in [-0.15, -0.1) is 0 Å². The van der Waals surface area contributed by atoms with E-state index in [1.165, 1.54) is 0 Å². The van der Waals surface area contributed by atoms with E-state index < -0.39 is 5.97 Å². The molecule has 0 aliphatic heterocycles. The van der Waals surface area contributed by atoms with Gasteiger partial charge in [-0.3, -0.25) is 4.79 Å². The van der Waals surface area contributed by atoms with Gasteiger partial charge in [-0.2, -0.15) is 0 Å². The average Bonchev–Trinajstić information content (AvgIpc) is 2.72. The van der Waals surface area contributed by atoms with Crippen LogP contribution < -0.4 is 0 Å². The lowest BCUT2D eigenvalue weighted by molar-refractivity contribution is -0.131. The van der Waals surface area contributed by atoms with E-state index in [2.05, 4.69) is 13.0 Å². The molecule has 0 saturated carbocycles. The van der Waals surface area contributed by atoms with E-state index in [4.69, 9.17) is 5.11 Å². The first-order valence-corrected chi connectivity index (χ1v) is 6.67. The number of ketones is 1. The minimum Gasteiger partial charge on any atom is -0.478 e. The Morgan fingerprint density at radius 2 is 2.00 bits per heavy atom. The van der Waals surface area contributed by atoms with Crippen LogP contribution in [-0.2, 0) is 9.59 Å². The molecule has 1 aliphatic rings. The smallest absolute Gasteiger partial charge is 0.327 e. The van der Waals surface area contributed by atoms with Gasteiger partial charge in [0.2, 0.25) is 0 Å². The first kappa shape index (κ1) is 15.2. The summed E-state index contributed by atoms with van der Waals surface area (Å²) in [5, 5.41) is 8.44. The molecule has 3 heteroatoms. The molecule has 0 saturated heterocycles. The Hall–Kier alpha value is -1.90. The van der Waals surface area contributed by atoms with Crippen molar-refractivity contribution in [1.82, 2.24) is 0 Å². The monoisotopic (exact) mass is 260 g/mol. The number of unbranched alkanes of at least 4 members (excludes halogenated alkanes) is 3. The van der Waals surface area contributed by atoms with Crippen LogP contribution in [0.2, 0.25) is 0 Å². The molecule has 1 aliphatic carbocycles. The van der Waals surface area contributed by atoms with Crippen LogP contribution in [0.15, 0.2) is 47.6 Å². The van der Waals surface area contributed by atoms with E-state index in [-0.39, 0.29) is 5.78 Å². The fourth-order valence-corrected chi connectivity index (χ4v) is 1.85. The Balaban J connectivity index is 2.46. The predicted octanol–water partition coefficient (Wildman–Crippen LogP) is 3.59. The maximum absolute atomic E-state index is 11.7. The number of carboxylic acid groups (broad SMARTS) is 1. The number of allylic oxidation sites excluding steroid dienone is 7. The number of aliphatic carboxylic acids is 1. The summed E-state index contributed by atoms with van der Waals surface area (Å²) >= 11 is 0. The van der Waals surface area contributed by atoms with Crippen LogP contribution in [-0.4, -0.2) is 16.9 Å². The number of hydrogen-bond acceptors (Lipinski definition) is 2. The summed E-state index contributed by atoms with van der Waals surface area (Å²) in [4.78, 5) is 21.9. The summed E-state index contributed by atoms with van der Waals surface area (Å²) in [5.41, 5.74) is 1.81. The maximum Gasteiger partial charge on any atom is 0.327 e. The van der Waals surface area contributed by atoms with Crippen LogP contribution in [0.4, 0.5) is 0 Å². The van der Waals surface area contributed by atoms with E-state index in [0.717, 1.165) is 42.9 Å². The topological polar surface area (TPSA) is 54.4 Å². The molecule has 1 rings (SSSR count). The molecule has 0 heterocycles. The van der Waals surface area contributed by atoms with Gasteiger partial charge in [0.1, 0.15) is 0 Å². The van der Waals surface area contributed by atoms with Crippen molar-refractivity contribution in [3.63, 3.8) is 0 Å². The number of carbonyl (C=O) groups excluding carboxylic acids is 1. The molecule has 0 aromatic carbocycles. The van der Waals surface area contributed by atoms with Gasteiger partial charge in [0.15, 0.2) is 5.78 Å². The first-order chi connectivity index (χ1) is 9.15. The van der Waals surface area contributed by atoms with E-state index >= 15 is 0 Å². The highest BCUT2D eigenvalue weighted by Gasteiger charge is 2.15. The lowest BCUT2D eigenvalue weighted by atomic mass is 10.0. The summed E-state index contributed by atoms with van der Waals surface area (Å²) in [6, 6.07) is 0. The highest BCUT2D eigenvalue weighted by Crippen LogP contribution is 2.22. The number of hydrogen-bond donors (Lipinski definition) is 1. The van der Waals surface area contributed by atoms with Crippen molar-refractivity contribution >= 4 is 11.8 Å². The Bertz CT molecular complexity index is 451. The van der Waals surface area contributed by atoms with Gasteiger partial charge >= 0.3 is 5.97 Å². The molecular weight excluding hydrogens is 240 g/mol. The van der Waals surface area contributed by atoms with Gasteiger partial charge in [-0.05, 0) is 37.3 Å². The van der Waals surface area contributed by atoms with Gasteiger partial charge in [0.05, 0.1) is 0 Å². The Morgan fingerprint density at radius 3 is 2.68 bits per heavy atom. The number of rotatable bonds is 7. The average molecular weight is 260 g/mol. The SMILES string of the molecule is CCCC=C1C=CC(=O)C1=CCCCC=CC(=O)O. The van der Waals surface area contributed by atoms with E-state index in [1.54, 1.807) is 12.2 Å². The van der Waals surface area contributed by atoms with Crippen LogP contribution in [0.5, 0.6) is 0 Å². The van der Waals surface area contributed by atoms with Crippen molar-refractivity contribution in [1.29, 1.82) is 0 Å². The van der Waals surface area contributed by atoms with Crippen LogP contribution in [0.3, 0.4) is 0 Å². The minimum absolute atomic E-state index is 0.0726.